The van der Waals surface area contributed by atoms with Crippen LogP contribution in [0.5, 0.6) is 0 Å². The quantitative estimate of drug-likeness (QED) is 0.806. The van der Waals surface area contributed by atoms with Gasteiger partial charge >= 0.3 is 0 Å². The Morgan fingerprint density at radius 2 is 2.11 bits per heavy atom. The van der Waals surface area contributed by atoms with Crippen molar-refractivity contribution in [3.8, 4) is 0 Å². The molecule has 4 nitrogen and oxygen atoms in total. The van der Waals surface area contributed by atoms with Crippen LogP contribution in [0.4, 0.5) is 0 Å². The second kappa shape index (κ2) is 5.17. The minimum absolute atomic E-state index is 0.0234. The second-order valence-corrected chi connectivity index (χ2v) is 5.72. The summed E-state index contributed by atoms with van der Waals surface area (Å²) < 4.78 is 5.59. The van der Waals surface area contributed by atoms with Crippen LogP contribution < -0.4 is 5.32 Å². The van der Waals surface area contributed by atoms with Gasteiger partial charge in [0.1, 0.15) is 0 Å². The van der Waals surface area contributed by atoms with E-state index < -0.39 is 0 Å². The van der Waals surface area contributed by atoms with Crippen molar-refractivity contribution in [1.29, 1.82) is 0 Å². The predicted octanol–water partition coefficient (Wildman–Crippen LogP) is 1.40. The molecule has 104 valence electrons. The average molecular weight is 254 g/mol. The highest BCUT2D eigenvalue weighted by molar-refractivity contribution is 5.83. The topological polar surface area (TPSA) is 41.6 Å². The van der Waals surface area contributed by atoms with Crippen molar-refractivity contribution in [2.24, 2.45) is 5.41 Å². The zero-order valence-corrected chi connectivity index (χ0v) is 12.0. The van der Waals surface area contributed by atoms with Crippen LogP contribution in [0.25, 0.3) is 0 Å². The third-order valence-electron chi connectivity index (χ3n) is 5.22. The van der Waals surface area contributed by atoms with E-state index in [0.717, 1.165) is 32.2 Å². The Kier molecular flexibility index (Phi) is 3.97. The number of likely N-dealkylation sites (N-methyl/N-ethyl adjacent to an activating group) is 1. The standard InChI is InChI=1S/C14H26N2O2/c1-5-14(6-2)11(9-12(14)18-4)15-10-7-8-16(3)13(10)17/h10-12,15H,5-9H2,1-4H3/t10-,11-,12-/m1/s1. The van der Waals surface area contributed by atoms with Crippen molar-refractivity contribution in [3.63, 3.8) is 0 Å². The molecule has 18 heavy (non-hydrogen) atoms. The van der Waals surface area contributed by atoms with Crippen molar-refractivity contribution in [2.45, 2.75) is 57.7 Å². The van der Waals surface area contributed by atoms with Crippen LogP contribution >= 0.6 is 0 Å². The molecule has 4 heteroatoms. The molecule has 1 amide bonds. The van der Waals surface area contributed by atoms with Gasteiger partial charge in [-0.3, -0.25) is 4.79 Å². The van der Waals surface area contributed by atoms with Crippen molar-refractivity contribution in [3.05, 3.63) is 0 Å². The Balaban J connectivity index is 2.00. The van der Waals surface area contributed by atoms with Crippen LogP contribution in [0.2, 0.25) is 0 Å². The lowest BCUT2D eigenvalue weighted by Gasteiger charge is -2.55. The zero-order chi connectivity index (χ0) is 13.3. The molecule has 2 fully saturated rings. The number of nitrogens with one attached hydrogen (secondary N) is 1. The van der Waals surface area contributed by atoms with E-state index in [1.807, 2.05) is 11.9 Å². The number of carbonyl (C=O) groups is 1. The first-order valence-corrected chi connectivity index (χ1v) is 7.12. The molecular weight excluding hydrogens is 228 g/mol. The second-order valence-electron chi connectivity index (χ2n) is 5.72. The number of amides is 1. The van der Waals surface area contributed by atoms with E-state index in [1.54, 1.807) is 7.11 Å². The van der Waals surface area contributed by atoms with Gasteiger partial charge in [0.05, 0.1) is 12.1 Å². The van der Waals surface area contributed by atoms with Crippen LogP contribution in [-0.4, -0.2) is 49.7 Å². The van der Waals surface area contributed by atoms with E-state index in [-0.39, 0.29) is 17.4 Å². The van der Waals surface area contributed by atoms with Gasteiger partial charge in [0.25, 0.3) is 0 Å². The third kappa shape index (κ3) is 1.95. The van der Waals surface area contributed by atoms with Crippen LogP contribution in [0.15, 0.2) is 0 Å². The highest BCUT2D eigenvalue weighted by atomic mass is 16.5. The summed E-state index contributed by atoms with van der Waals surface area (Å²) in [4.78, 5) is 13.8. The SMILES string of the molecule is CCC1(CC)[C@H](N[C@@H]2CCN(C)C2=O)C[C@H]1OC. The molecule has 0 bridgehead atoms. The molecule has 1 saturated heterocycles. The largest absolute Gasteiger partial charge is 0.381 e. The maximum atomic E-state index is 12.0. The van der Waals surface area contributed by atoms with Crippen LogP contribution in [0, 0.1) is 5.41 Å². The number of likely N-dealkylation sites (tertiary alicyclic amines) is 1. The lowest BCUT2D eigenvalue weighted by Crippen LogP contribution is -2.65. The molecule has 0 unspecified atom stereocenters. The van der Waals surface area contributed by atoms with Crippen molar-refractivity contribution >= 4 is 5.91 Å². The molecule has 2 aliphatic rings. The highest BCUT2D eigenvalue weighted by Gasteiger charge is 2.54. The fourth-order valence-corrected chi connectivity index (χ4v) is 3.73. The number of carbonyl (C=O) groups excluding carboxylic acids is 1. The number of ether oxygens (including phenoxy) is 1. The number of methoxy groups -OCH3 is 1. The highest BCUT2D eigenvalue weighted by Crippen LogP contribution is 2.49. The van der Waals surface area contributed by atoms with Gasteiger partial charge in [0.2, 0.25) is 5.91 Å². The summed E-state index contributed by atoms with van der Waals surface area (Å²) in [5.41, 5.74) is 0.218. The average Bonchev–Trinajstić information content (AvgIpc) is 2.67. The minimum atomic E-state index is 0.0234. The minimum Gasteiger partial charge on any atom is -0.381 e. The molecule has 2 rings (SSSR count). The van der Waals surface area contributed by atoms with Crippen LogP contribution in [0.3, 0.4) is 0 Å². The van der Waals surface area contributed by atoms with E-state index in [0.29, 0.717) is 12.1 Å². The molecule has 0 aromatic carbocycles. The zero-order valence-electron chi connectivity index (χ0n) is 12.0. The molecule has 3 atom stereocenters. The molecule has 1 saturated carbocycles. The summed E-state index contributed by atoms with van der Waals surface area (Å²) in [6.07, 6.45) is 4.53. The van der Waals surface area contributed by atoms with Gasteiger partial charge in [-0.1, -0.05) is 13.8 Å². The maximum Gasteiger partial charge on any atom is 0.239 e. The Hall–Kier alpha value is -0.610. The molecule has 1 N–H and O–H groups in total. The van der Waals surface area contributed by atoms with E-state index in [1.165, 1.54) is 0 Å². The first-order chi connectivity index (χ1) is 8.58. The maximum absolute atomic E-state index is 12.0. The predicted molar refractivity (Wildman–Crippen MR) is 71.4 cm³/mol. The molecule has 0 aromatic rings. The van der Waals surface area contributed by atoms with Gasteiger partial charge < -0.3 is 15.0 Å². The summed E-state index contributed by atoms with van der Waals surface area (Å²) in [6, 6.07) is 0.452. The van der Waals surface area contributed by atoms with Gasteiger partial charge in [-0.25, -0.2) is 0 Å². The first-order valence-electron chi connectivity index (χ1n) is 7.12. The fourth-order valence-electron chi connectivity index (χ4n) is 3.73. The summed E-state index contributed by atoms with van der Waals surface area (Å²) in [7, 11) is 3.69. The van der Waals surface area contributed by atoms with E-state index >= 15 is 0 Å². The van der Waals surface area contributed by atoms with Crippen LogP contribution in [-0.2, 0) is 9.53 Å². The van der Waals surface area contributed by atoms with Crippen LogP contribution in [0.1, 0.15) is 39.5 Å². The Labute approximate surface area is 110 Å². The van der Waals surface area contributed by atoms with Crippen molar-refractivity contribution in [1.82, 2.24) is 10.2 Å². The molecule has 1 heterocycles. The number of rotatable bonds is 5. The fraction of sp³-hybridized carbons (Fsp3) is 0.929. The summed E-state index contributed by atoms with van der Waals surface area (Å²) >= 11 is 0. The molecule has 0 radical (unpaired) electrons. The smallest absolute Gasteiger partial charge is 0.239 e. The molecule has 0 aromatic heterocycles. The third-order valence-corrected chi connectivity index (χ3v) is 5.22. The lowest BCUT2D eigenvalue weighted by atomic mass is 9.58. The Morgan fingerprint density at radius 1 is 1.44 bits per heavy atom. The molecular formula is C14H26N2O2. The van der Waals surface area contributed by atoms with Crippen molar-refractivity contribution < 1.29 is 9.53 Å². The normalized spacial score (nSPS) is 34.8. The van der Waals surface area contributed by atoms with Gasteiger partial charge in [0.15, 0.2) is 0 Å². The first kappa shape index (κ1) is 13.8. The summed E-state index contributed by atoms with van der Waals surface area (Å²) in [6.45, 7) is 5.33. The van der Waals surface area contributed by atoms with Gasteiger partial charge in [-0.05, 0) is 25.7 Å². The number of nitrogens with zero attached hydrogens (tertiary/aromatic N) is 1. The van der Waals surface area contributed by atoms with E-state index in [2.05, 4.69) is 19.2 Å². The van der Waals surface area contributed by atoms with Gasteiger partial charge in [0, 0.05) is 32.2 Å². The van der Waals surface area contributed by atoms with E-state index in [4.69, 9.17) is 4.74 Å². The van der Waals surface area contributed by atoms with Gasteiger partial charge in [-0.15, -0.1) is 0 Å². The molecule has 1 aliphatic carbocycles. The molecule has 1 aliphatic heterocycles. The Bertz CT molecular complexity index is 315. The Morgan fingerprint density at radius 3 is 2.56 bits per heavy atom. The monoisotopic (exact) mass is 254 g/mol. The molecule has 0 spiro atoms. The number of hydrogen-bond donors (Lipinski definition) is 1. The lowest BCUT2D eigenvalue weighted by molar-refractivity contribution is -0.137. The summed E-state index contributed by atoms with van der Waals surface area (Å²) in [5, 5.41) is 3.58. The summed E-state index contributed by atoms with van der Waals surface area (Å²) in [5.74, 6) is 0.247. The van der Waals surface area contributed by atoms with Gasteiger partial charge in [-0.2, -0.15) is 0 Å². The number of hydrogen-bond acceptors (Lipinski definition) is 3. The van der Waals surface area contributed by atoms with E-state index in [9.17, 15) is 4.79 Å². The van der Waals surface area contributed by atoms with Crippen molar-refractivity contribution in [2.75, 3.05) is 20.7 Å².